The first kappa shape index (κ1) is 30.6. The molecule has 41 heavy (non-hydrogen) atoms. The summed E-state index contributed by atoms with van der Waals surface area (Å²) in [6, 6.07) is 13.8. The van der Waals surface area contributed by atoms with Crippen molar-refractivity contribution in [1.29, 1.82) is 0 Å². The summed E-state index contributed by atoms with van der Waals surface area (Å²) >= 11 is 0. The van der Waals surface area contributed by atoms with E-state index in [1.807, 2.05) is 17.0 Å². The van der Waals surface area contributed by atoms with E-state index >= 15 is 0 Å². The van der Waals surface area contributed by atoms with Crippen LogP contribution >= 0.6 is 0 Å². The monoisotopic (exact) mass is 564 g/mol. The van der Waals surface area contributed by atoms with E-state index in [9.17, 15) is 9.59 Å². The third-order valence-corrected chi connectivity index (χ3v) is 8.09. The molecule has 2 heterocycles. The van der Waals surface area contributed by atoms with E-state index in [0.717, 1.165) is 43.5 Å². The highest BCUT2D eigenvalue weighted by Crippen LogP contribution is 2.36. The molecule has 9 heteroatoms. The van der Waals surface area contributed by atoms with Crippen LogP contribution < -0.4 is 11.1 Å². The molecule has 0 radical (unpaired) electrons. The molecule has 0 bridgehead atoms. The van der Waals surface area contributed by atoms with Gasteiger partial charge < -0.3 is 29.8 Å². The normalized spacial score (nSPS) is 16.2. The molecule has 9 nitrogen and oxygen atoms in total. The van der Waals surface area contributed by atoms with Crippen LogP contribution in [0.4, 0.5) is 10.5 Å². The Morgan fingerprint density at radius 3 is 2.68 bits per heavy atom. The minimum absolute atomic E-state index is 0.0886. The maximum absolute atomic E-state index is 13.4. The predicted octanol–water partition coefficient (Wildman–Crippen LogP) is 4.93. The Balaban J connectivity index is 1.44. The van der Waals surface area contributed by atoms with Gasteiger partial charge >= 0.3 is 6.09 Å². The highest BCUT2D eigenvalue weighted by Gasteiger charge is 2.29. The second kappa shape index (κ2) is 14.5. The first-order valence-electron chi connectivity index (χ1n) is 14.5. The van der Waals surface area contributed by atoms with E-state index in [2.05, 4.69) is 41.1 Å². The molecule has 222 valence electrons. The van der Waals surface area contributed by atoms with Gasteiger partial charge in [-0.05, 0) is 67.9 Å². The number of nitrogens with zero attached hydrogens (tertiary/aromatic N) is 2. The summed E-state index contributed by atoms with van der Waals surface area (Å²) in [4.78, 5) is 26.6. The highest BCUT2D eigenvalue weighted by molar-refractivity contribution is 5.86. The minimum atomic E-state index is -1.11. The number of aryl methyl sites for hydroxylation is 2. The number of anilines is 1. The van der Waals surface area contributed by atoms with Crippen LogP contribution in [0.2, 0.25) is 0 Å². The molecule has 1 saturated heterocycles. The summed E-state index contributed by atoms with van der Waals surface area (Å²) in [6.45, 7) is 5.73. The number of rotatable bonds is 13. The Morgan fingerprint density at radius 1 is 1.15 bits per heavy atom. The minimum Gasteiger partial charge on any atom is -0.465 e. The number of carbonyl (C=O) groups is 2. The maximum atomic E-state index is 13.4. The van der Waals surface area contributed by atoms with Gasteiger partial charge in [-0.3, -0.25) is 10.1 Å². The van der Waals surface area contributed by atoms with Crippen LogP contribution in [0, 0.1) is 6.92 Å². The number of nitrogens with two attached hydrogens (primary N) is 1. The zero-order valence-electron chi connectivity index (χ0n) is 24.5. The first-order chi connectivity index (χ1) is 19.8. The Morgan fingerprint density at radius 2 is 1.93 bits per heavy atom. The summed E-state index contributed by atoms with van der Waals surface area (Å²) in [6.07, 6.45) is 3.22. The largest absolute Gasteiger partial charge is 0.465 e. The number of carboxylic acid groups (broad SMARTS) is 1. The average molecular weight is 565 g/mol. The van der Waals surface area contributed by atoms with Crippen molar-refractivity contribution in [1.82, 2.24) is 9.47 Å². The third-order valence-electron chi connectivity index (χ3n) is 8.09. The molecule has 0 spiro atoms. The van der Waals surface area contributed by atoms with E-state index in [0.29, 0.717) is 38.3 Å². The molecule has 1 aliphatic rings. The van der Waals surface area contributed by atoms with E-state index in [4.69, 9.17) is 20.3 Å². The first-order valence-corrected chi connectivity index (χ1v) is 14.5. The Kier molecular flexibility index (Phi) is 10.8. The van der Waals surface area contributed by atoms with Gasteiger partial charge in [-0.2, -0.15) is 0 Å². The number of para-hydroxylation sites is 1. The quantitative estimate of drug-likeness (QED) is 0.253. The molecule has 0 aliphatic carbocycles. The Hall–Kier alpha value is -3.40. The molecule has 1 aromatic heterocycles. The fourth-order valence-corrected chi connectivity index (χ4v) is 6.22. The Labute approximate surface area is 242 Å². The van der Waals surface area contributed by atoms with Crippen LogP contribution in [-0.2, 0) is 33.7 Å². The lowest BCUT2D eigenvalue weighted by Crippen LogP contribution is -2.42. The van der Waals surface area contributed by atoms with Crippen LogP contribution in [-0.4, -0.2) is 73.1 Å². The van der Waals surface area contributed by atoms with Crippen molar-refractivity contribution in [3.8, 4) is 0 Å². The highest BCUT2D eigenvalue weighted by atomic mass is 16.5. The topological polar surface area (TPSA) is 119 Å². The predicted molar refractivity (Wildman–Crippen MR) is 162 cm³/mol. The number of hydrogen-bond donors (Lipinski definition) is 3. The standard InChI is InChI=1S/C32H44N4O5/c1-22-27-9-4-5-10-29(27)36(15-7-16-40-2)31(22)25-8-6-14-35(21-25)30(37)20-26(33)19-23-11-12-28(34-32(38)39)24(18-23)13-17-41-3/h4-5,9-12,18,25-26,34H,6-8,13-17,19-21,33H2,1-3H3,(H,38,39)/t25?,26-/m1/s1. The number of aromatic nitrogens is 1. The number of fused-ring (bicyclic) bond motifs is 1. The van der Waals surface area contributed by atoms with Gasteiger partial charge in [0, 0.05) is 81.1 Å². The number of piperidine rings is 1. The molecular formula is C32H44N4O5. The summed E-state index contributed by atoms with van der Waals surface area (Å²) in [5.74, 6) is 0.363. The number of nitrogens with one attached hydrogen (secondary N) is 1. The van der Waals surface area contributed by atoms with Gasteiger partial charge in [0.25, 0.3) is 0 Å². The zero-order valence-corrected chi connectivity index (χ0v) is 24.5. The van der Waals surface area contributed by atoms with Crippen molar-refractivity contribution >= 4 is 28.6 Å². The second-order valence-electron chi connectivity index (χ2n) is 11.0. The fraction of sp³-hybridized carbons (Fsp3) is 0.500. The summed E-state index contributed by atoms with van der Waals surface area (Å²) < 4.78 is 13.0. The van der Waals surface area contributed by atoms with E-state index in [1.54, 1.807) is 20.3 Å². The van der Waals surface area contributed by atoms with Crippen molar-refractivity contribution in [3.05, 3.63) is 64.8 Å². The van der Waals surface area contributed by atoms with Gasteiger partial charge in [-0.25, -0.2) is 4.79 Å². The number of methoxy groups -OCH3 is 2. The van der Waals surface area contributed by atoms with Gasteiger partial charge in [0.15, 0.2) is 0 Å². The van der Waals surface area contributed by atoms with E-state index < -0.39 is 6.09 Å². The summed E-state index contributed by atoms with van der Waals surface area (Å²) in [7, 11) is 3.35. The van der Waals surface area contributed by atoms with Crippen molar-refractivity contribution in [2.24, 2.45) is 5.73 Å². The Bertz CT molecular complexity index is 1340. The van der Waals surface area contributed by atoms with Crippen LogP contribution in [0.25, 0.3) is 10.9 Å². The molecule has 1 fully saturated rings. The molecule has 2 aromatic carbocycles. The second-order valence-corrected chi connectivity index (χ2v) is 11.0. The number of hydrogen-bond acceptors (Lipinski definition) is 5. The number of benzene rings is 2. The molecule has 4 rings (SSSR count). The van der Waals surface area contributed by atoms with Crippen molar-refractivity contribution in [2.75, 3.05) is 45.8 Å². The summed E-state index contributed by atoms with van der Waals surface area (Å²) in [5.41, 5.74) is 12.7. The smallest absolute Gasteiger partial charge is 0.409 e. The van der Waals surface area contributed by atoms with Gasteiger partial charge in [-0.15, -0.1) is 0 Å². The molecule has 1 aliphatic heterocycles. The van der Waals surface area contributed by atoms with Crippen LogP contribution in [0.1, 0.15) is 54.0 Å². The molecule has 0 saturated carbocycles. The zero-order chi connectivity index (χ0) is 29.4. The van der Waals surface area contributed by atoms with Crippen LogP contribution in [0.15, 0.2) is 42.5 Å². The molecule has 1 unspecified atom stereocenters. The molecule has 3 aromatic rings. The number of amides is 2. The van der Waals surface area contributed by atoms with Crippen molar-refractivity contribution < 1.29 is 24.2 Å². The molecule has 4 N–H and O–H groups in total. The van der Waals surface area contributed by atoms with Gasteiger partial charge in [-0.1, -0.05) is 30.3 Å². The lowest BCUT2D eigenvalue weighted by atomic mass is 9.91. The van der Waals surface area contributed by atoms with Crippen LogP contribution in [0.5, 0.6) is 0 Å². The van der Waals surface area contributed by atoms with Gasteiger partial charge in [0.2, 0.25) is 5.91 Å². The number of likely N-dealkylation sites (tertiary alicyclic amines) is 1. The molecular weight excluding hydrogens is 520 g/mol. The van der Waals surface area contributed by atoms with E-state index in [1.165, 1.54) is 22.2 Å². The SMILES string of the molecule is COCCCn1c(C2CCCN(C(=O)C[C@H](N)Cc3ccc(NC(=O)O)c(CCOC)c3)C2)c(C)c2ccccc21. The lowest BCUT2D eigenvalue weighted by Gasteiger charge is -2.34. The summed E-state index contributed by atoms with van der Waals surface area (Å²) in [5, 5.41) is 12.9. The number of ether oxygens (including phenoxy) is 2. The molecule has 2 atom stereocenters. The van der Waals surface area contributed by atoms with Gasteiger partial charge in [0.05, 0.1) is 6.61 Å². The maximum Gasteiger partial charge on any atom is 0.409 e. The number of carbonyl (C=O) groups excluding carboxylic acids is 1. The third kappa shape index (κ3) is 7.67. The fourth-order valence-electron chi connectivity index (χ4n) is 6.22. The van der Waals surface area contributed by atoms with Crippen molar-refractivity contribution in [2.45, 2.75) is 64.0 Å². The van der Waals surface area contributed by atoms with Crippen LogP contribution in [0.3, 0.4) is 0 Å². The average Bonchev–Trinajstić information content (AvgIpc) is 3.24. The molecule has 2 amide bonds. The van der Waals surface area contributed by atoms with Gasteiger partial charge in [0.1, 0.15) is 0 Å². The van der Waals surface area contributed by atoms with Crippen molar-refractivity contribution in [3.63, 3.8) is 0 Å². The van der Waals surface area contributed by atoms with E-state index in [-0.39, 0.29) is 24.3 Å². The lowest BCUT2D eigenvalue weighted by molar-refractivity contribution is -0.132.